The van der Waals surface area contributed by atoms with E-state index in [1.807, 2.05) is 0 Å². The Morgan fingerprint density at radius 2 is 2.25 bits per heavy atom. The normalized spacial score (nSPS) is 12.6. The maximum Gasteiger partial charge on any atom is 0.137 e. The van der Waals surface area contributed by atoms with Crippen LogP contribution in [0.5, 0.6) is 0 Å². The Morgan fingerprint density at radius 1 is 1.58 bits per heavy atom. The fourth-order valence-electron chi connectivity index (χ4n) is 0.874. The Labute approximate surface area is 78.7 Å². The van der Waals surface area contributed by atoms with E-state index in [9.17, 15) is 9.18 Å². The molecule has 0 radical (unpaired) electrons. The molecule has 1 nitrogen and oxygen atoms in total. The van der Waals surface area contributed by atoms with E-state index >= 15 is 0 Å². The second-order valence-electron chi connectivity index (χ2n) is 2.60. The summed E-state index contributed by atoms with van der Waals surface area (Å²) in [5.41, 5.74) is 0.700. The van der Waals surface area contributed by atoms with Crippen molar-refractivity contribution in [3.05, 3.63) is 34.1 Å². The molecule has 1 aromatic carbocycles. The van der Waals surface area contributed by atoms with E-state index in [4.69, 9.17) is 0 Å². The maximum absolute atomic E-state index is 12.9. The Balaban J connectivity index is 3.04. The summed E-state index contributed by atoms with van der Waals surface area (Å²) in [6.07, 6.45) is 0.794. The molecule has 0 spiro atoms. The number of hydrogen-bond donors (Lipinski definition) is 0. The predicted octanol–water partition coefficient (Wildman–Crippen LogP) is 2.89. The van der Waals surface area contributed by atoms with E-state index < -0.39 is 0 Å². The van der Waals surface area contributed by atoms with Crippen molar-refractivity contribution in [2.75, 3.05) is 0 Å². The predicted molar refractivity (Wildman–Crippen MR) is 48.6 cm³/mol. The lowest BCUT2D eigenvalue weighted by Crippen LogP contribution is -1.94. The van der Waals surface area contributed by atoms with Crippen molar-refractivity contribution in [3.8, 4) is 0 Å². The number of rotatable bonds is 2. The van der Waals surface area contributed by atoms with Crippen LogP contribution in [-0.2, 0) is 4.79 Å². The minimum atomic E-state index is -0.332. The van der Waals surface area contributed by atoms with Gasteiger partial charge in [-0.25, -0.2) is 4.39 Å². The summed E-state index contributed by atoms with van der Waals surface area (Å²) in [7, 11) is 0. The Morgan fingerprint density at radius 3 is 2.75 bits per heavy atom. The molecule has 0 heterocycles. The minimum Gasteiger partial charge on any atom is -0.303 e. The van der Waals surface area contributed by atoms with Crippen molar-refractivity contribution in [3.63, 3.8) is 0 Å². The Hall–Kier alpha value is -0.700. The maximum atomic E-state index is 12.9. The number of carbonyl (C=O) groups excluding carboxylic acids is 1. The molecule has 1 atom stereocenters. The highest BCUT2D eigenvalue weighted by atomic mass is 79.9. The first-order chi connectivity index (χ1) is 5.65. The molecule has 0 aliphatic rings. The molecule has 3 heteroatoms. The largest absolute Gasteiger partial charge is 0.303 e. The molecule has 0 saturated carbocycles. The highest BCUT2D eigenvalue weighted by Gasteiger charge is 2.06. The van der Waals surface area contributed by atoms with Gasteiger partial charge < -0.3 is 4.79 Å². The molecule has 0 aliphatic carbocycles. The van der Waals surface area contributed by atoms with Gasteiger partial charge >= 0.3 is 0 Å². The van der Waals surface area contributed by atoms with Gasteiger partial charge in [-0.05, 0) is 33.6 Å². The van der Waals surface area contributed by atoms with E-state index in [1.165, 1.54) is 6.07 Å². The SMILES string of the molecule is CC(C=O)c1ccc(Br)c(F)c1. The minimum absolute atomic E-state index is 0.243. The van der Waals surface area contributed by atoms with Crippen LogP contribution in [0.4, 0.5) is 4.39 Å². The topological polar surface area (TPSA) is 17.1 Å². The van der Waals surface area contributed by atoms with Crippen molar-refractivity contribution in [2.45, 2.75) is 12.8 Å². The lowest BCUT2D eigenvalue weighted by atomic mass is 10.0. The molecule has 0 fully saturated rings. The molecule has 0 aliphatic heterocycles. The first-order valence-corrected chi connectivity index (χ1v) is 4.34. The highest BCUT2D eigenvalue weighted by molar-refractivity contribution is 9.10. The van der Waals surface area contributed by atoms with Crippen LogP contribution in [0.25, 0.3) is 0 Å². The zero-order valence-electron chi connectivity index (χ0n) is 6.55. The van der Waals surface area contributed by atoms with Gasteiger partial charge in [0, 0.05) is 5.92 Å². The van der Waals surface area contributed by atoms with Crippen molar-refractivity contribution in [1.82, 2.24) is 0 Å². The standard InChI is InChI=1S/C9H8BrFO/c1-6(5-12)7-2-3-8(10)9(11)4-7/h2-6H,1H3. The first-order valence-electron chi connectivity index (χ1n) is 3.55. The average molecular weight is 231 g/mol. The second kappa shape index (κ2) is 3.81. The number of hydrogen-bond acceptors (Lipinski definition) is 1. The second-order valence-corrected chi connectivity index (χ2v) is 3.45. The van der Waals surface area contributed by atoms with Gasteiger partial charge in [0.2, 0.25) is 0 Å². The van der Waals surface area contributed by atoms with Crippen LogP contribution in [0, 0.1) is 5.82 Å². The van der Waals surface area contributed by atoms with Crippen LogP contribution >= 0.6 is 15.9 Å². The van der Waals surface area contributed by atoms with Gasteiger partial charge in [-0.15, -0.1) is 0 Å². The Bertz CT molecular complexity index is 299. The quantitative estimate of drug-likeness (QED) is 0.715. The fourth-order valence-corrected chi connectivity index (χ4v) is 1.12. The molecule has 0 N–H and O–H groups in total. The van der Waals surface area contributed by atoms with E-state index in [1.54, 1.807) is 19.1 Å². The van der Waals surface area contributed by atoms with Crippen LogP contribution in [-0.4, -0.2) is 6.29 Å². The van der Waals surface area contributed by atoms with Crippen LogP contribution in [0.1, 0.15) is 18.4 Å². The van der Waals surface area contributed by atoms with Crippen molar-refractivity contribution < 1.29 is 9.18 Å². The zero-order valence-corrected chi connectivity index (χ0v) is 8.14. The van der Waals surface area contributed by atoms with Gasteiger partial charge in [0.15, 0.2) is 0 Å². The monoisotopic (exact) mass is 230 g/mol. The third kappa shape index (κ3) is 1.91. The van der Waals surface area contributed by atoms with E-state index in [-0.39, 0.29) is 11.7 Å². The molecule has 0 aromatic heterocycles. The zero-order chi connectivity index (χ0) is 9.14. The Kier molecular flexibility index (Phi) is 2.98. The van der Waals surface area contributed by atoms with Crippen molar-refractivity contribution in [2.24, 2.45) is 0 Å². The van der Waals surface area contributed by atoms with E-state index in [2.05, 4.69) is 15.9 Å². The number of carbonyl (C=O) groups is 1. The lowest BCUT2D eigenvalue weighted by Gasteiger charge is -2.03. The van der Waals surface area contributed by atoms with Gasteiger partial charge in [0.25, 0.3) is 0 Å². The lowest BCUT2D eigenvalue weighted by molar-refractivity contribution is -0.108. The van der Waals surface area contributed by atoms with Gasteiger partial charge in [0.1, 0.15) is 12.1 Å². The highest BCUT2D eigenvalue weighted by Crippen LogP contribution is 2.20. The van der Waals surface area contributed by atoms with E-state index in [0.717, 1.165) is 6.29 Å². The summed E-state index contributed by atoms with van der Waals surface area (Å²) in [6, 6.07) is 4.69. The molecule has 12 heavy (non-hydrogen) atoms. The number of aldehydes is 1. The number of halogens is 2. The number of benzene rings is 1. The molecular weight excluding hydrogens is 223 g/mol. The van der Waals surface area contributed by atoms with Gasteiger partial charge in [0.05, 0.1) is 4.47 Å². The van der Waals surface area contributed by atoms with Crippen LogP contribution in [0.3, 0.4) is 0 Å². The fraction of sp³-hybridized carbons (Fsp3) is 0.222. The van der Waals surface area contributed by atoms with Crippen LogP contribution < -0.4 is 0 Å². The third-order valence-electron chi connectivity index (χ3n) is 1.67. The van der Waals surface area contributed by atoms with Crippen molar-refractivity contribution in [1.29, 1.82) is 0 Å². The van der Waals surface area contributed by atoms with Gasteiger partial charge in [-0.1, -0.05) is 13.0 Å². The van der Waals surface area contributed by atoms with Crippen LogP contribution in [0.2, 0.25) is 0 Å². The van der Waals surface area contributed by atoms with Crippen molar-refractivity contribution >= 4 is 22.2 Å². The molecular formula is C9H8BrFO. The summed E-state index contributed by atoms with van der Waals surface area (Å²) in [5, 5.41) is 0. The van der Waals surface area contributed by atoms with Gasteiger partial charge in [-0.2, -0.15) is 0 Å². The summed E-state index contributed by atoms with van der Waals surface area (Å²) in [5.74, 6) is -0.575. The van der Waals surface area contributed by atoms with Gasteiger partial charge in [-0.3, -0.25) is 0 Å². The summed E-state index contributed by atoms with van der Waals surface area (Å²) < 4.78 is 13.3. The van der Waals surface area contributed by atoms with Crippen LogP contribution in [0.15, 0.2) is 22.7 Å². The smallest absolute Gasteiger partial charge is 0.137 e. The molecule has 64 valence electrons. The van der Waals surface area contributed by atoms with E-state index in [0.29, 0.717) is 10.0 Å². The average Bonchev–Trinajstić information content (AvgIpc) is 2.08. The summed E-state index contributed by atoms with van der Waals surface area (Å²) >= 11 is 3.04. The summed E-state index contributed by atoms with van der Waals surface area (Å²) in [4.78, 5) is 10.4. The molecule has 1 rings (SSSR count). The third-order valence-corrected chi connectivity index (χ3v) is 2.32. The molecule has 0 bridgehead atoms. The molecule has 0 saturated heterocycles. The molecule has 1 unspecified atom stereocenters. The first kappa shape index (κ1) is 9.39. The molecule has 1 aromatic rings. The molecule has 0 amide bonds. The summed E-state index contributed by atoms with van der Waals surface area (Å²) in [6.45, 7) is 1.73.